The number of benzene rings is 1. The smallest absolute Gasteiger partial charge is 0.168 e. The zero-order valence-electron chi connectivity index (χ0n) is 16.3. The standard InChI is InChI=1S/C20H29BrO5/c1-8-9-13-10(2)16(22)11(3)17(26-13)14-15(21)18(23-5)12(4)19(24-6)20(14)25-7/h8,10-11,13,16-17,22H,1,9H2,2-7H3/t10-,11+,13+,16-,17+/m0/s1. The summed E-state index contributed by atoms with van der Waals surface area (Å²) in [6.07, 6.45) is 1.48. The van der Waals surface area contributed by atoms with Crippen LogP contribution in [0, 0.1) is 18.8 Å². The summed E-state index contributed by atoms with van der Waals surface area (Å²) >= 11 is 3.66. The van der Waals surface area contributed by atoms with Gasteiger partial charge in [0.2, 0.25) is 0 Å². The summed E-state index contributed by atoms with van der Waals surface area (Å²) in [6.45, 7) is 9.72. The van der Waals surface area contributed by atoms with Crippen LogP contribution in [0.15, 0.2) is 17.1 Å². The highest BCUT2D eigenvalue weighted by Gasteiger charge is 2.43. The van der Waals surface area contributed by atoms with Crippen molar-refractivity contribution in [2.75, 3.05) is 21.3 Å². The number of halogens is 1. The number of aliphatic hydroxyl groups excluding tert-OH is 1. The van der Waals surface area contributed by atoms with E-state index in [2.05, 4.69) is 22.5 Å². The van der Waals surface area contributed by atoms with Crippen LogP contribution in [0.2, 0.25) is 0 Å². The molecule has 26 heavy (non-hydrogen) atoms. The summed E-state index contributed by atoms with van der Waals surface area (Å²) in [5, 5.41) is 10.8. The van der Waals surface area contributed by atoms with Gasteiger partial charge in [0.25, 0.3) is 0 Å². The molecule has 2 rings (SSSR count). The van der Waals surface area contributed by atoms with Gasteiger partial charge < -0.3 is 24.1 Å². The van der Waals surface area contributed by atoms with E-state index in [4.69, 9.17) is 18.9 Å². The van der Waals surface area contributed by atoms with E-state index in [1.807, 2.05) is 26.8 Å². The zero-order chi connectivity index (χ0) is 19.6. The summed E-state index contributed by atoms with van der Waals surface area (Å²) in [7, 11) is 4.82. The lowest BCUT2D eigenvalue weighted by Crippen LogP contribution is -2.45. The Kier molecular flexibility index (Phi) is 6.99. The molecule has 0 amide bonds. The molecular weight excluding hydrogens is 400 g/mol. The van der Waals surface area contributed by atoms with Gasteiger partial charge in [0.05, 0.1) is 44.1 Å². The van der Waals surface area contributed by atoms with Crippen LogP contribution in [0.5, 0.6) is 17.2 Å². The molecule has 0 spiro atoms. The average molecular weight is 429 g/mol. The highest BCUT2D eigenvalue weighted by atomic mass is 79.9. The Hall–Kier alpha value is -1.24. The van der Waals surface area contributed by atoms with E-state index in [0.29, 0.717) is 23.7 Å². The first-order valence-electron chi connectivity index (χ1n) is 8.76. The topological polar surface area (TPSA) is 57.2 Å². The Labute approximate surface area is 164 Å². The van der Waals surface area contributed by atoms with Gasteiger partial charge in [0, 0.05) is 23.0 Å². The molecule has 0 saturated carbocycles. The number of ether oxygens (including phenoxy) is 4. The molecule has 0 radical (unpaired) electrons. The van der Waals surface area contributed by atoms with Crippen LogP contribution < -0.4 is 14.2 Å². The van der Waals surface area contributed by atoms with Crippen molar-refractivity contribution in [2.24, 2.45) is 11.8 Å². The SMILES string of the molecule is C=CC[C@H]1O[C@@H](c2c(Br)c(OC)c(C)c(OC)c2OC)[C@H](C)[C@@H](O)[C@H]1C. The van der Waals surface area contributed by atoms with Gasteiger partial charge in [-0.2, -0.15) is 0 Å². The molecular formula is C20H29BrO5. The molecule has 1 aliphatic heterocycles. The van der Waals surface area contributed by atoms with Gasteiger partial charge in [0.15, 0.2) is 11.5 Å². The van der Waals surface area contributed by atoms with Crippen LogP contribution in [-0.2, 0) is 4.74 Å². The number of methoxy groups -OCH3 is 3. The van der Waals surface area contributed by atoms with Gasteiger partial charge in [0.1, 0.15) is 5.75 Å². The lowest BCUT2D eigenvalue weighted by atomic mass is 9.79. The van der Waals surface area contributed by atoms with Crippen molar-refractivity contribution in [1.29, 1.82) is 0 Å². The van der Waals surface area contributed by atoms with Crippen LogP contribution in [-0.4, -0.2) is 38.6 Å². The van der Waals surface area contributed by atoms with E-state index in [1.165, 1.54) is 0 Å². The maximum absolute atomic E-state index is 10.8. The molecule has 146 valence electrons. The molecule has 1 aromatic carbocycles. The molecule has 1 saturated heterocycles. The summed E-state index contributed by atoms with van der Waals surface area (Å²) < 4.78 is 24.1. The molecule has 0 unspecified atom stereocenters. The minimum atomic E-state index is -0.506. The lowest BCUT2D eigenvalue weighted by molar-refractivity contribution is -0.165. The van der Waals surface area contributed by atoms with Crippen molar-refractivity contribution in [3.63, 3.8) is 0 Å². The quantitative estimate of drug-likeness (QED) is 0.678. The second-order valence-electron chi connectivity index (χ2n) is 6.78. The zero-order valence-corrected chi connectivity index (χ0v) is 17.9. The highest BCUT2D eigenvalue weighted by molar-refractivity contribution is 9.10. The Balaban J connectivity index is 2.66. The van der Waals surface area contributed by atoms with Gasteiger partial charge in [-0.05, 0) is 29.3 Å². The molecule has 0 aliphatic carbocycles. The molecule has 1 N–H and O–H groups in total. The summed E-state index contributed by atoms with van der Waals surface area (Å²) in [6, 6.07) is 0. The third kappa shape index (κ3) is 3.47. The van der Waals surface area contributed by atoms with Crippen molar-refractivity contribution >= 4 is 15.9 Å². The minimum absolute atomic E-state index is 0.0123. The molecule has 0 aromatic heterocycles. The molecule has 1 fully saturated rings. The monoisotopic (exact) mass is 428 g/mol. The van der Waals surface area contributed by atoms with Gasteiger partial charge in [-0.25, -0.2) is 0 Å². The van der Waals surface area contributed by atoms with E-state index >= 15 is 0 Å². The lowest BCUT2D eigenvalue weighted by Gasteiger charge is -2.43. The van der Waals surface area contributed by atoms with E-state index < -0.39 is 6.10 Å². The molecule has 5 nitrogen and oxygen atoms in total. The van der Waals surface area contributed by atoms with Crippen LogP contribution in [0.3, 0.4) is 0 Å². The number of rotatable bonds is 6. The maximum Gasteiger partial charge on any atom is 0.168 e. The fourth-order valence-corrected chi connectivity index (χ4v) is 4.67. The van der Waals surface area contributed by atoms with Gasteiger partial charge in [-0.15, -0.1) is 6.58 Å². The number of hydrogen-bond donors (Lipinski definition) is 1. The second-order valence-corrected chi connectivity index (χ2v) is 7.57. The normalized spacial score (nSPS) is 28.5. The van der Waals surface area contributed by atoms with Crippen molar-refractivity contribution < 1.29 is 24.1 Å². The van der Waals surface area contributed by atoms with E-state index in [1.54, 1.807) is 21.3 Å². The Morgan fingerprint density at radius 1 is 1.08 bits per heavy atom. The van der Waals surface area contributed by atoms with E-state index in [-0.39, 0.29) is 24.0 Å². The van der Waals surface area contributed by atoms with Crippen molar-refractivity contribution in [1.82, 2.24) is 0 Å². The first kappa shape index (κ1) is 21.1. The molecule has 0 bridgehead atoms. The fraction of sp³-hybridized carbons (Fsp3) is 0.600. The predicted octanol–water partition coefficient (Wildman–Crippen LogP) is 4.43. The van der Waals surface area contributed by atoms with Gasteiger partial charge in [-0.1, -0.05) is 19.9 Å². The first-order chi connectivity index (χ1) is 12.3. The van der Waals surface area contributed by atoms with Crippen molar-refractivity contribution in [2.45, 2.75) is 45.5 Å². The molecule has 1 heterocycles. The predicted molar refractivity (Wildman–Crippen MR) is 105 cm³/mol. The Morgan fingerprint density at radius 2 is 1.65 bits per heavy atom. The summed E-state index contributed by atoms with van der Waals surface area (Å²) in [5.41, 5.74) is 1.63. The Bertz CT molecular complexity index is 660. The van der Waals surface area contributed by atoms with Crippen LogP contribution >= 0.6 is 15.9 Å². The molecule has 1 aromatic rings. The van der Waals surface area contributed by atoms with E-state index in [0.717, 1.165) is 15.6 Å². The minimum Gasteiger partial charge on any atom is -0.495 e. The highest BCUT2D eigenvalue weighted by Crippen LogP contribution is 2.53. The third-order valence-corrected chi connectivity index (χ3v) is 6.11. The Morgan fingerprint density at radius 3 is 2.15 bits per heavy atom. The number of aliphatic hydroxyl groups is 1. The van der Waals surface area contributed by atoms with Crippen LogP contribution in [0.25, 0.3) is 0 Å². The van der Waals surface area contributed by atoms with Gasteiger partial charge >= 0.3 is 0 Å². The van der Waals surface area contributed by atoms with Crippen LogP contribution in [0.1, 0.15) is 37.5 Å². The third-order valence-electron chi connectivity index (χ3n) is 5.33. The molecule has 1 aliphatic rings. The maximum atomic E-state index is 10.8. The van der Waals surface area contributed by atoms with Gasteiger partial charge in [-0.3, -0.25) is 0 Å². The fourth-order valence-electron chi connectivity index (χ4n) is 3.81. The van der Waals surface area contributed by atoms with Crippen molar-refractivity contribution in [3.05, 3.63) is 28.3 Å². The first-order valence-corrected chi connectivity index (χ1v) is 9.55. The largest absolute Gasteiger partial charge is 0.495 e. The summed E-state index contributed by atoms with van der Waals surface area (Å²) in [5.74, 6) is 1.74. The average Bonchev–Trinajstić information content (AvgIpc) is 2.62. The molecule has 5 atom stereocenters. The van der Waals surface area contributed by atoms with E-state index in [9.17, 15) is 5.11 Å². The molecule has 6 heteroatoms. The van der Waals surface area contributed by atoms with Crippen molar-refractivity contribution in [3.8, 4) is 17.2 Å². The second kappa shape index (κ2) is 8.63. The summed E-state index contributed by atoms with van der Waals surface area (Å²) in [4.78, 5) is 0. The van der Waals surface area contributed by atoms with Crippen LogP contribution in [0.4, 0.5) is 0 Å². The number of hydrogen-bond acceptors (Lipinski definition) is 5.